The number of aryl methyl sites for hydroxylation is 2. The summed E-state index contributed by atoms with van der Waals surface area (Å²) in [5.74, 6) is 0. The summed E-state index contributed by atoms with van der Waals surface area (Å²) in [6.45, 7) is 7.36. The fourth-order valence-corrected chi connectivity index (χ4v) is 3.00. The topological polar surface area (TPSA) is 24.9 Å². The van der Waals surface area contributed by atoms with Crippen LogP contribution in [0, 0.1) is 6.92 Å². The van der Waals surface area contributed by atoms with Crippen molar-refractivity contribution in [2.45, 2.75) is 33.2 Å². The molecule has 0 saturated heterocycles. The molecule has 1 N–H and O–H groups in total. The summed E-state index contributed by atoms with van der Waals surface area (Å²) in [5.41, 5.74) is 5.76. The van der Waals surface area contributed by atoms with E-state index in [0.717, 1.165) is 18.7 Å². The summed E-state index contributed by atoms with van der Waals surface area (Å²) in [6, 6.07) is 9.16. The van der Waals surface area contributed by atoms with E-state index < -0.39 is 0 Å². The molecule has 0 amide bonds. The van der Waals surface area contributed by atoms with Crippen molar-refractivity contribution in [3.05, 3.63) is 51.5 Å². The van der Waals surface area contributed by atoms with Gasteiger partial charge in [-0.05, 0) is 31.0 Å². The van der Waals surface area contributed by atoms with Crippen LogP contribution < -0.4 is 5.32 Å². The Hall–Kier alpha value is -1.19. The summed E-state index contributed by atoms with van der Waals surface area (Å²) in [6.07, 6.45) is 1.09. The first kappa shape index (κ1) is 13.2. The standard InChI is InChI=1S/C15H20N2S/c1-4-12-6-8-13(9-7-12)14(16-5-2)15-11(3)17-10-18-15/h6-10,14,16H,4-5H2,1-3H3. The predicted molar refractivity (Wildman–Crippen MR) is 78.2 cm³/mol. The molecule has 3 heteroatoms. The van der Waals surface area contributed by atoms with Crippen molar-refractivity contribution in [1.29, 1.82) is 0 Å². The maximum Gasteiger partial charge on any atom is 0.0798 e. The molecule has 0 aliphatic rings. The molecule has 0 aliphatic heterocycles. The fraction of sp³-hybridized carbons (Fsp3) is 0.400. The van der Waals surface area contributed by atoms with E-state index in [1.54, 1.807) is 11.3 Å². The maximum atomic E-state index is 4.36. The van der Waals surface area contributed by atoms with Gasteiger partial charge in [-0.1, -0.05) is 38.1 Å². The van der Waals surface area contributed by atoms with E-state index in [2.05, 4.69) is 55.3 Å². The molecule has 0 aliphatic carbocycles. The molecule has 18 heavy (non-hydrogen) atoms. The first-order valence-corrected chi connectivity index (χ1v) is 7.36. The van der Waals surface area contributed by atoms with Crippen LogP contribution in [0.15, 0.2) is 29.8 Å². The molecule has 0 spiro atoms. The van der Waals surface area contributed by atoms with Crippen LogP contribution in [0.3, 0.4) is 0 Å². The molecule has 2 rings (SSSR count). The largest absolute Gasteiger partial charge is 0.306 e. The van der Waals surface area contributed by atoms with E-state index in [0.29, 0.717) is 0 Å². The molecule has 1 aromatic heterocycles. The van der Waals surface area contributed by atoms with Gasteiger partial charge in [-0.15, -0.1) is 11.3 Å². The lowest BCUT2D eigenvalue weighted by molar-refractivity contribution is 0.635. The molecular formula is C15H20N2S. The van der Waals surface area contributed by atoms with Crippen molar-refractivity contribution in [1.82, 2.24) is 10.3 Å². The Morgan fingerprint density at radius 1 is 1.22 bits per heavy atom. The Morgan fingerprint density at radius 2 is 1.94 bits per heavy atom. The van der Waals surface area contributed by atoms with E-state index in [1.807, 2.05) is 5.51 Å². The Labute approximate surface area is 113 Å². The molecule has 1 unspecified atom stereocenters. The number of nitrogens with zero attached hydrogens (tertiary/aromatic N) is 1. The van der Waals surface area contributed by atoms with Gasteiger partial charge in [0, 0.05) is 4.88 Å². The van der Waals surface area contributed by atoms with Crippen LogP contribution in [0.1, 0.15) is 41.6 Å². The summed E-state index contributed by atoms with van der Waals surface area (Å²) < 4.78 is 0. The molecule has 1 atom stereocenters. The van der Waals surface area contributed by atoms with Gasteiger partial charge in [0.05, 0.1) is 17.2 Å². The highest BCUT2D eigenvalue weighted by Gasteiger charge is 2.16. The molecule has 1 heterocycles. The van der Waals surface area contributed by atoms with Crippen LogP contribution in [-0.2, 0) is 6.42 Å². The van der Waals surface area contributed by atoms with E-state index >= 15 is 0 Å². The predicted octanol–water partition coefficient (Wildman–Crippen LogP) is 3.71. The van der Waals surface area contributed by atoms with E-state index in [-0.39, 0.29) is 6.04 Å². The second-order valence-electron chi connectivity index (χ2n) is 4.39. The second-order valence-corrected chi connectivity index (χ2v) is 5.27. The Balaban J connectivity index is 2.32. The van der Waals surface area contributed by atoms with Crippen molar-refractivity contribution in [2.24, 2.45) is 0 Å². The summed E-state index contributed by atoms with van der Waals surface area (Å²) in [4.78, 5) is 5.68. The molecule has 0 fully saturated rings. The third-order valence-corrected chi connectivity index (χ3v) is 4.17. The molecule has 1 aromatic carbocycles. The minimum absolute atomic E-state index is 0.272. The van der Waals surface area contributed by atoms with Crippen LogP contribution in [0.2, 0.25) is 0 Å². The van der Waals surface area contributed by atoms with Crippen LogP contribution >= 0.6 is 11.3 Å². The molecular weight excluding hydrogens is 240 g/mol. The van der Waals surface area contributed by atoms with Gasteiger partial charge < -0.3 is 5.32 Å². The lowest BCUT2D eigenvalue weighted by Gasteiger charge is -2.18. The van der Waals surface area contributed by atoms with Gasteiger partial charge in [0.15, 0.2) is 0 Å². The molecule has 2 nitrogen and oxygen atoms in total. The average molecular weight is 260 g/mol. The van der Waals surface area contributed by atoms with Crippen LogP contribution in [0.5, 0.6) is 0 Å². The van der Waals surface area contributed by atoms with E-state index in [1.165, 1.54) is 16.0 Å². The molecule has 0 saturated carbocycles. The number of thiazole rings is 1. The monoisotopic (exact) mass is 260 g/mol. The van der Waals surface area contributed by atoms with Gasteiger partial charge in [0.1, 0.15) is 0 Å². The van der Waals surface area contributed by atoms with E-state index in [9.17, 15) is 0 Å². The summed E-state index contributed by atoms with van der Waals surface area (Å²) in [7, 11) is 0. The quantitative estimate of drug-likeness (QED) is 0.886. The SMILES string of the molecule is CCNC(c1ccc(CC)cc1)c1scnc1C. The van der Waals surface area contributed by atoms with Gasteiger partial charge in [0.25, 0.3) is 0 Å². The molecule has 96 valence electrons. The maximum absolute atomic E-state index is 4.36. The van der Waals surface area contributed by atoms with Crippen LogP contribution in [0.25, 0.3) is 0 Å². The van der Waals surface area contributed by atoms with Crippen LogP contribution in [0.4, 0.5) is 0 Å². The van der Waals surface area contributed by atoms with Gasteiger partial charge in [-0.2, -0.15) is 0 Å². The van der Waals surface area contributed by atoms with Gasteiger partial charge in [-0.3, -0.25) is 0 Å². The first-order valence-electron chi connectivity index (χ1n) is 6.48. The number of nitrogens with one attached hydrogen (secondary N) is 1. The first-order chi connectivity index (χ1) is 8.76. The molecule has 2 aromatic rings. The highest BCUT2D eigenvalue weighted by Crippen LogP contribution is 2.28. The molecule has 0 radical (unpaired) electrons. The number of aromatic nitrogens is 1. The van der Waals surface area contributed by atoms with Crippen molar-refractivity contribution in [3.8, 4) is 0 Å². The highest BCUT2D eigenvalue weighted by molar-refractivity contribution is 7.09. The van der Waals surface area contributed by atoms with Gasteiger partial charge in [0.2, 0.25) is 0 Å². The molecule has 0 bridgehead atoms. The van der Waals surface area contributed by atoms with Crippen molar-refractivity contribution in [3.63, 3.8) is 0 Å². The Morgan fingerprint density at radius 3 is 2.44 bits per heavy atom. The zero-order chi connectivity index (χ0) is 13.0. The lowest BCUT2D eigenvalue weighted by atomic mass is 10.0. The normalized spacial score (nSPS) is 12.6. The second kappa shape index (κ2) is 6.12. The number of hydrogen-bond acceptors (Lipinski definition) is 3. The smallest absolute Gasteiger partial charge is 0.0798 e. The number of hydrogen-bond donors (Lipinski definition) is 1. The zero-order valence-electron chi connectivity index (χ0n) is 11.2. The van der Waals surface area contributed by atoms with Crippen molar-refractivity contribution in [2.75, 3.05) is 6.54 Å². The third-order valence-electron chi connectivity index (χ3n) is 3.17. The third kappa shape index (κ3) is 2.79. The summed E-state index contributed by atoms with van der Waals surface area (Å²) >= 11 is 1.73. The Kier molecular flexibility index (Phi) is 4.50. The number of rotatable bonds is 5. The van der Waals surface area contributed by atoms with E-state index in [4.69, 9.17) is 0 Å². The highest BCUT2D eigenvalue weighted by atomic mass is 32.1. The summed E-state index contributed by atoms with van der Waals surface area (Å²) in [5, 5.41) is 3.55. The Bertz CT molecular complexity index is 487. The fourth-order valence-electron chi connectivity index (χ4n) is 2.10. The van der Waals surface area contributed by atoms with Gasteiger partial charge in [-0.25, -0.2) is 4.98 Å². The lowest BCUT2D eigenvalue weighted by Crippen LogP contribution is -2.21. The van der Waals surface area contributed by atoms with Crippen molar-refractivity contribution < 1.29 is 0 Å². The van der Waals surface area contributed by atoms with Gasteiger partial charge >= 0.3 is 0 Å². The average Bonchev–Trinajstić information content (AvgIpc) is 2.82. The number of benzene rings is 1. The minimum atomic E-state index is 0.272. The zero-order valence-corrected chi connectivity index (χ0v) is 12.1. The van der Waals surface area contributed by atoms with Crippen LogP contribution in [-0.4, -0.2) is 11.5 Å². The van der Waals surface area contributed by atoms with Crippen molar-refractivity contribution >= 4 is 11.3 Å². The minimum Gasteiger partial charge on any atom is -0.306 e.